The molecular formula is C15H17N5O3. The van der Waals surface area contributed by atoms with E-state index >= 15 is 0 Å². The SMILES string of the molecule is C#CCNC(=O)CNc1c(C(=O)OCC)cnc2c1cnn2C. The zero-order valence-corrected chi connectivity index (χ0v) is 12.9. The molecule has 2 N–H and O–H groups in total. The van der Waals surface area contributed by atoms with Gasteiger partial charge in [0.1, 0.15) is 5.56 Å². The highest BCUT2D eigenvalue weighted by Gasteiger charge is 2.19. The quantitative estimate of drug-likeness (QED) is 0.588. The number of fused-ring (bicyclic) bond motifs is 1. The van der Waals surface area contributed by atoms with Gasteiger partial charge in [0, 0.05) is 13.2 Å². The van der Waals surface area contributed by atoms with E-state index in [2.05, 4.69) is 26.6 Å². The predicted octanol–water partition coefficient (Wildman–Crippen LogP) is 0.306. The van der Waals surface area contributed by atoms with Crippen molar-refractivity contribution in [2.24, 2.45) is 7.05 Å². The first-order valence-corrected chi connectivity index (χ1v) is 7.00. The maximum absolute atomic E-state index is 12.1. The van der Waals surface area contributed by atoms with Crippen LogP contribution in [0.4, 0.5) is 5.69 Å². The number of nitrogens with zero attached hydrogens (tertiary/aromatic N) is 3. The minimum Gasteiger partial charge on any atom is -0.462 e. The second-order valence-electron chi connectivity index (χ2n) is 4.61. The molecule has 1 amide bonds. The van der Waals surface area contributed by atoms with Crippen LogP contribution in [0.5, 0.6) is 0 Å². The van der Waals surface area contributed by atoms with Gasteiger partial charge >= 0.3 is 5.97 Å². The average molecular weight is 315 g/mol. The first-order chi connectivity index (χ1) is 11.1. The number of amides is 1. The molecule has 0 bridgehead atoms. The van der Waals surface area contributed by atoms with E-state index in [4.69, 9.17) is 11.2 Å². The molecule has 0 spiro atoms. The van der Waals surface area contributed by atoms with E-state index < -0.39 is 5.97 Å². The Morgan fingerprint density at radius 1 is 1.43 bits per heavy atom. The molecule has 0 saturated heterocycles. The molecule has 8 nitrogen and oxygen atoms in total. The van der Waals surface area contributed by atoms with Crippen LogP contribution in [0.2, 0.25) is 0 Å². The van der Waals surface area contributed by atoms with E-state index in [1.807, 2.05) is 0 Å². The van der Waals surface area contributed by atoms with Gasteiger partial charge in [-0.25, -0.2) is 9.78 Å². The summed E-state index contributed by atoms with van der Waals surface area (Å²) in [4.78, 5) is 28.0. The summed E-state index contributed by atoms with van der Waals surface area (Å²) < 4.78 is 6.60. The molecule has 0 aliphatic rings. The van der Waals surface area contributed by atoms with E-state index in [1.165, 1.54) is 6.20 Å². The van der Waals surface area contributed by atoms with Crippen molar-refractivity contribution in [3.8, 4) is 12.3 Å². The van der Waals surface area contributed by atoms with Crippen molar-refractivity contribution in [1.82, 2.24) is 20.1 Å². The number of carbonyl (C=O) groups excluding carboxylic acids is 2. The zero-order valence-electron chi connectivity index (χ0n) is 12.9. The average Bonchev–Trinajstić information content (AvgIpc) is 2.92. The summed E-state index contributed by atoms with van der Waals surface area (Å²) in [5.41, 5.74) is 1.29. The summed E-state index contributed by atoms with van der Waals surface area (Å²) in [5.74, 6) is 1.52. The molecule has 2 aromatic heterocycles. The molecule has 2 aromatic rings. The van der Waals surface area contributed by atoms with E-state index in [-0.39, 0.29) is 31.2 Å². The monoisotopic (exact) mass is 315 g/mol. The molecule has 0 atom stereocenters. The molecule has 2 rings (SSSR count). The Balaban J connectivity index is 2.33. The Kier molecular flexibility index (Phi) is 5.15. The standard InChI is InChI=1S/C15H17N5O3/c1-4-6-16-12(21)9-17-13-10-8-19-20(3)14(10)18-7-11(13)15(22)23-5-2/h1,7-8H,5-6,9H2,2-3H3,(H,16,21)(H,17,18). The van der Waals surface area contributed by atoms with Crippen molar-refractivity contribution in [3.05, 3.63) is 18.0 Å². The number of terminal acetylenes is 1. The third-order valence-electron chi connectivity index (χ3n) is 3.07. The third kappa shape index (κ3) is 3.58. The van der Waals surface area contributed by atoms with Crippen molar-refractivity contribution in [1.29, 1.82) is 0 Å². The number of anilines is 1. The normalized spacial score (nSPS) is 10.1. The van der Waals surface area contributed by atoms with Gasteiger partial charge < -0.3 is 15.4 Å². The molecule has 0 fully saturated rings. The van der Waals surface area contributed by atoms with Crippen LogP contribution in [-0.4, -0.2) is 46.3 Å². The minimum absolute atomic E-state index is 0.0396. The highest BCUT2D eigenvalue weighted by Crippen LogP contribution is 2.26. The first kappa shape index (κ1) is 16.3. The molecule has 0 aliphatic carbocycles. The fourth-order valence-electron chi connectivity index (χ4n) is 2.03. The Morgan fingerprint density at radius 2 is 2.22 bits per heavy atom. The number of rotatable bonds is 6. The highest BCUT2D eigenvalue weighted by atomic mass is 16.5. The smallest absolute Gasteiger partial charge is 0.341 e. The van der Waals surface area contributed by atoms with Gasteiger partial charge in [0.25, 0.3) is 0 Å². The topological polar surface area (TPSA) is 98.1 Å². The molecule has 0 unspecified atom stereocenters. The van der Waals surface area contributed by atoms with E-state index in [9.17, 15) is 9.59 Å². The number of aromatic nitrogens is 3. The van der Waals surface area contributed by atoms with Crippen LogP contribution in [0.25, 0.3) is 11.0 Å². The van der Waals surface area contributed by atoms with Crippen molar-refractivity contribution in [3.63, 3.8) is 0 Å². The number of nitrogens with one attached hydrogen (secondary N) is 2. The van der Waals surface area contributed by atoms with Crippen molar-refractivity contribution in [2.75, 3.05) is 25.0 Å². The maximum Gasteiger partial charge on any atom is 0.341 e. The molecule has 2 heterocycles. The summed E-state index contributed by atoms with van der Waals surface area (Å²) in [5, 5.41) is 10.2. The van der Waals surface area contributed by atoms with Gasteiger partial charge in [-0.15, -0.1) is 6.42 Å². The Labute approximate surface area is 133 Å². The maximum atomic E-state index is 12.1. The lowest BCUT2D eigenvalue weighted by atomic mass is 10.2. The lowest BCUT2D eigenvalue weighted by molar-refractivity contribution is -0.119. The second kappa shape index (κ2) is 7.26. The minimum atomic E-state index is -0.516. The van der Waals surface area contributed by atoms with Gasteiger partial charge in [0.05, 0.1) is 37.0 Å². The molecule has 120 valence electrons. The lowest BCUT2D eigenvalue weighted by Crippen LogP contribution is -2.30. The Bertz CT molecular complexity index is 775. The lowest BCUT2D eigenvalue weighted by Gasteiger charge is -2.12. The Morgan fingerprint density at radius 3 is 2.91 bits per heavy atom. The number of hydrogen-bond acceptors (Lipinski definition) is 6. The molecule has 0 aliphatic heterocycles. The van der Waals surface area contributed by atoms with Gasteiger partial charge in [-0.1, -0.05) is 5.92 Å². The number of pyridine rings is 1. The summed E-state index contributed by atoms with van der Waals surface area (Å²) in [7, 11) is 1.74. The second-order valence-corrected chi connectivity index (χ2v) is 4.61. The number of aryl methyl sites for hydroxylation is 1. The van der Waals surface area contributed by atoms with Crippen LogP contribution < -0.4 is 10.6 Å². The number of ether oxygens (including phenoxy) is 1. The Hall–Kier alpha value is -3.08. The van der Waals surface area contributed by atoms with Crippen LogP contribution in [-0.2, 0) is 16.6 Å². The predicted molar refractivity (Wildman–Crippen MR) is 84.8 cm³/mol. The van der Waals surface area contributed by atoms with Gasteiger partial charge in [-0.2, -0.15) is 5.10 Å². The molecule has 8 heteroatoms. The fraction of sp³-hybridized carbons (Fsp3) is 0.333. The van der Waals surface area contributed by atoms with Crippen LogP contribution in [0.3, 0.4) is 0 Å². The molecule has 0 saturated carbocycles. The van der Waals surface area contributed by atoms with Crippen LogP contribution in [0.15, 0.2) is 12.4 Å². The largest absolute Gasteiger partial charge is 0.462 e. The zero-order chi connectivity index (χ0) is 16.8. The first-order valence-electron chi connectivity index (χ1n) is 7.00. The highest BCUT2D eigenvalue weighted by molar-refractivity contribution is 6.04. The van der Waals surface area contributed by atoms with Crippen molar-refractivity contribution in [2.45, 2.75) is 6.92 Å². The number of carbonyl (C=O) groups is 2. The van der Waals surface area contributed by atoms with Gasteiger partial charge in [-0.05, 0) is 6.92 Å². The van der Waals surface area contributed by atoms with Crippen LogP contribution in [0.1, 0.15) is 17.3 Å². The summed E-state index contributed by atoms with van der Waals surface area (Å²) in [6, 6.07) is 0. The van der Waals surface area contributed by atoms with Gasteiger partial charge in [0.2, 0.25) is 5.91 Å². The number of hydrogen-bond donors (Lipinski definition) is 2. The van der Waals surface area contributed by atoms with E-state index in [0.29, 0.717) is 16.7 Å². The molecule has 0 aromatic carbocycles. The van der Waals surface area contributed by atoms with Gasteiger partial charge in [0.15, 0.2) is 5.65 Å². The molecular weight excluding hydrogens is 298 g/mol. The fourth-order valence-corrected chi connectivity index (χ4v) is 2.03. The van der Waals surface area contributed by atoms with Crippen molar-refractivity contribution < 1.29 is 14.3 Å². The van der Waals surface area contributed by atoms with E-state index in [0.717, 1.165) is 0 Å². The summed E-state index contributed by atoms with van der Waals surface area (Å²) in [6.45, 7) is 2.06. The third-order valence-corrected chi connectivity index (χ3v) is 3.07. The van der Waals surface area contributed by atoms with Crippen molar-refractivity contribution >= 4 is 28.6 Å². The van der Waals surface area contributed by atoms with Gasteiger partial charge in [-0.3, -0.25) is 9.48 Å². The summed E-state index contributed by atoms with van der Waals surface area (Å²) in [6.07, 6.45) is 8.08. The van der Waals surface area contributed by atoms with Crippen LogP contribution in [0, 0.1) is 12.3 Å². The molecule has 23 heavy (non-hydrogen) atoms. The van der Waals surface area contributed by atoms with Crippen LogP contribution >= 0.6 is 0 Å². The summed E-state index contributed by atoms with van der Waals surface area (Å²) >= 11 is 0. The molecule has 0 radical (unpaired) electrons. The number of esters is 1. The van der Waals surface area contributed by atoms with E-state index in [1.54, 1.807) is 24.9 Å².